The molecule has 20 heavy (non-hydrogen) atoms. The summed E-state index contributed by atoms with van der Waals surface area (Å²) in [6.45, 7) is 6.94. The first-order chi connectivity index (χ1) is 9.61. The van der Waals surface area contributed by atoms with Gasteiger partial charge in [0.2, 0.25) is 0 Å². The van der Waals surface area contributed by atoms with Crippen LogP contribution in [0.1, 0.15) is 31.7 Å². The normalized spacial score (nSPS) is 18.2. The third kappa shape index (κ3) is 3.45. The Hall–Kier alpha value is -1.69. The maximum atomic E-state index is 10.8. The monoisotopic (exact) mass is 278 g/mol. The molecule has 0 bridgehead atoms. The number of aromatic nitrogens is 1. The van der Waals surface area contributed by atoms with Gasteiger partial charge in [-0.05, 0) is 38.3 Å². The van der Waals surface area contributed by atoms with Crippen LogP contribution in [-0.4, -0.2) is 35.6 Å². The molecule has 0 amide bonds. The third-order valence-corrected chi connectivity index (χ3v) is 3.64. The van der Waals surface area contributed by atoms with Crippen molar-refractivity contribution in [1.82, 2.24) is 10.3 Å². The summed E-state index contributed by atoms with van der Waals surface area (Å²) >= 11 is 0. The minimum absolute atomic E-state index is 0.0571. The maximum Gasteiger partial charge on any atom is 0.287 e. The highest BCUT2D eigenvalue weighted by molar-refractivity contribution is 5.50. The topological polar surface area (TPSA) is 71.3 Å². The fourth-order valence-corrected chi connectivity index (χ4v) is 2.72. The van der Waals surface area contributed by atoms with Crippen molar-refractivity contribution >= 4 is 11.5 Å². The molecule has 1 aromatic heterocycles. The fraction of sp³-hybridized carbons (Fsp3) is 0.643. The number of aryl methyl sites for hydroxylation is 1. The first-order valence-electron chi connectivity index (χ1n) is 7.21. The predicted molar refractivity (Wildman–Crippen MR) is 79.2 cm³/mol. The summed E-state index contributed by atoms with van der Waals surface area (Å²) in [5.41, 5.74) is 0.923. The largest absolute Gasteiger partial charge is 0.355 e. The van der Waals surface area contributed by atoms with Crippen LogP contribution in [0.2, 0.25) is 0 Å². The van der Waals surface area contributed by atoms with Gasteiger partial charge in [-0.1, -0.05) is 6.92 Å². The van der Waals surface area contributed by atoms with E-state index in [-0.39, 0.29) is 5.69 Å². The van der Waals surface area contributed by atoms with Gasteiger partial charge in [-0.3, -0.25) is 10.1 Å². The second kappa shape index (κ2) is 6.65. The first-order valence-corrected chi connectivity index (χ1v) is 7.21. The Morgan fingerprint density at radius 1 is 1.60 bits per heavy atom. The lowest BCUT2D eigenvalue weighted by molar-refractivity contribution is -0.385. The third-order valence-electron chi connectivity index (χ3n) is 3.64. The summed E-state index contributed by atoms with van der Waals surface area (Å²) in [5.74, 6) is 0.867. The zero-order chi connectivity index (χ0) is 14.5. The number of hydrogen-bond acceptors (Lipinski definition) is 5. The molecule has 1 aromatic rings. The standard InChI is InChI=1S/C14H22N4O2/c1-3-7-17(10-12-5-4-6-15-12)14-11(2)8-13(9-16-14)18(19)20/h8-9,12,15H,3-7,10H2,1-2H3. The summed E-state index contributed by atoms with van der Waals surface area (Å²) in [4.78, 5) is 16.9. The van der Waals surface area contributed by atoms with Crippen LogP contribution >= 0.6 is 0 Å². The molecule has 6 nitrogen and oxygen atoms in total. The molecule has 1 aliphatic heterocycles. The Bertz CT molecular complexity index is 472. The van der Waals surface area contributed by atoms with Crippen LogP contribution < -0.4 is 10.2 Å². The molecule has 2 rings (SSSR count). The van der Waals surface area contributed by atoms with Gasteiger partial charge in [0, 0.05) is 25.2 Å². The molecule has 1 fully saturated rings. The van der Waals surface area contributed by atoms with Crippen molar-refractivity contribution in [2.45, 2.75) is 39.2 Å². The smallest absolute Gasteiger partial charge is 0.287 e. The van der Waals surface area contributed by atoms with Crippen molar-refractivity contribution in [2.75, 3.05) is 24.5 Å². The van der Waals surface area contributed by atoms with Crippen molar-refractivity contribution in [2.24, 2.45) is 0 Å². The second-order valence-corrected chi connectivity index (χ2v) is 5.33. The van der Waals surface area contributed by atoms with Crippen molar-refractivity contribution < 1.29 is 4.92 Å². The summed E-state index contributed by atoms with van der Waals surface area (Å²) in [7, 11) is 0. The molecule has 1 saturated heterocycles. The summed E-state index contributed by atoms with van der Waals surface area (Å²) in [6.07, 6.45) is 4.79. The number of nitrogens with zero attached hydrogens (tertiary/aromatic N) is 3. The van der Waals surface area contributed by atoms with E-state index in [9.17, 15) is 10.1 Å². The molecule has 110 valence electrons. The zero-order valence-electron chi connectivity index (χ0n) is 12.1. The Kier molecular flexibility index (Phi) is 4.89. The van der Waals surface area contributed by atoms with Gasteiger partial charge in [0.15, 0.2) is 0 Å². The lowest BCUT2D eigenvalue weighted by Gasteiger charge is -2.27. The van der Waals surface area contributed by atoms with Gasteiger partial charge in [-0.25, -0.2) is 4.98 Å². The van der Waals surface area contributed by atoms with E-state index in [1.54, 1.807) is 6.07 Å². The molecule has 1 N–H and O–H groups in total. The van der Waals surface area contributed by atoms with Crippen molar-refractivity contribution in [3.63, 3.8) is 0 Å². The summed E-state index contributed by atoms with van der Waals surface area (Å²) < 4.78 is 0. The highest BCUT2D eigenvalue weighted by Crippen LogP contribution is 2.23. The van der Waals surface area contributed by atoms with Crippen LogP contribution in [0.25, 0.3) is 0 Å². The number of pyridine rings is 1. The Balaban J connectivity index is 2.17. The zero-order valence-corrected chi connectivity index (χ0v) is 12.1. The Morgan fingerprint density at radius 3 is 2.95 bits per heavy atom. The fourth-order valence-electron chi connectivity index (χ4n) is 2.72. The predicted octanol–water partition coefficient (Wildman–Crippen LogP) is 2.27. The molecule has 1 aliphatic rings. The molecule has 0 aliphatic carbocycles. The SMILES string of the molecule is CCCN(CC1CCCN1)c1ncc([N+](=O)[O-])cc1C. The van der Waals surface area contributed by atoms with Gasteiger partial charge in [0.25, 0.3) is 5.69 Å². The average Bonchev–Trinajstić information content (AvgIpc) is 2.91. The number of hydrogen-bond donors (Lipinski definition) is 1. The molecule has 2 heterocycles. The van der Waals surface area contributed by atoms with Crippen molar-refractivity contribution in [1.29, 1.82) is 0 Å². The maximum absolute atomic E-state index is 10.8. The highest BCUT2D eigenvalue weighted by atomic mass is 16.6. The number of rotatable bonds is 6. The second-order valence-electron chi connectivity index (χ2n) is 5.33. The van der Waals surface area contributed by atoms with Crippen LogP contribution in [0.5, 0.6) is 0 Å². The van der Waals surface area contributed by atoms with Crippen LogP contribution in [0, 0.1) is 17.0 Å². The van der Waals surface area contributed by atoms with Crippen molar-refractivity contribution in [3.05, 3.63) is 27.9 Å². The highest BCUT2D eigenvalue weighted by Gasteiger charge is 2.20. The van der Waals surface area contributed by atoms with E-state index < -0.39 is 4.92 Å². The van der Waals surface area contributed by atoms with Gasteiger partial charge in [0.1, 0.15) is 12.0 Å². The molecule has 6 heteroatoms. The van der Waals surface area contributed by atoms with Crippen LogP contribution in [0.3, 0.4) is 0 Å². The molecular weight excluding hydrogens is 256 g/mol. The first kappa shape index (κ1) is 14.7. The minimum atomic E-state index is -0.396. The molecule has 0 radical (unpaired) electrons. The van der Waals surface area contributed by atoms with Gasteiger partial charge in [0.05, 0.1) is 4.92 Å². The minimum Gasteiger partial charge on any atom is -0.355 e. The number of nitrogens with one attached hydrogen (secondary N) is 1. The molecular formula is C14H22N4O2. The quantitative estimate of drug-likeness (QED) is 0.638. The Labute approximate surface area is 119 Å². The van der Waals surface area contributed by atoms with Gasteiger partial charge in [-0.2, -0.15) is 0 Å². The van der Waals surface area contributed by atoms with Crippen molar-refractivity contribution in [3.8, 4) is 0 Å². The average molecular weight is 278 g/mol. The summed E-state index contributed by atoms with van der Waals surface area (Å²) in [5, 5.41) is 14.3. The molecule has 1 atom stereocenters. The van der Waals surface area contributed by atoms with Crippen LogP contribution in [0.15, 0.2) is 12.3 Å². The lowest BCUT2D eigenvalue weighted by atomic mass is 10.2. The van der Waals surface area contributed by atoms with E-state index in [0.29, 0.717) is 6.04 Å². The lowest BCUT2D eigenvalue weighted by Crippen LogP contribution is -2.38. The van der Waals surface area contributed by atoms with E-state index in [1.807, 2.05) is 6.92 Å². The van der Waals surface area contributed by atoms with E-state index in [1.165, 1.54) is 19.0 Å². The summed E-state index contributed by atoms with van der Waals surface area (Å²) in [6, 6.07) is 2.10. The Morgan fingerprint density at radius 2 is 2.40 bits per heavy atom. The molecule has 1 unspecified atom stereocenters. The van der Waals surface area contributed by atoms with E-state index >= 15 is 0 Å². The van der Waals surface area contributed by atoms with Crippen LogP contribution in [0.4, 0.5) is 11.5 Å². The van der Waals surface area contributed by atoms with E-state index in [0.717, 1.165) is 37.4 Å². The van der Waals surface area contributed by atoms with Gasteiger partial charge >= 0.3 is 0 Å². The van der Waals surface area contributed by atoms with E-state index in [2.05, 4.69) is 22.1 Å². The van der Waals surface area contributed by atoms with Gasteiger partial charge in [-0.15, -0.1) is 0 Å². The number of anilines is 1. The van der Waals surface area contributed by atoms with E-state index in [4.69, 9.17) is 0 Å². The molecule has 0 saturated carbocycles. The molecule has 0 spiro atoms. The molecule has 0 aromatic carbocycles. The number of nitro groups is 1. The van der Waals surface area contributed by atoms with Gasteiger partial charge < -0.3 is 10.2 Å². The van der Waals surface area contributed by atoms with Crippen LogP contribution in [-0.2, 0) is 0 Å².